The van der Waals surface area contributed by atoms with Crippen LogP contribution in [-0.4, -0.2) is 21.9 Å². The molecule has 84 valence electrons. The average molecular weight is 207 g/mol. The van der Waals surface area contributed by atoms with Crippen molar-refractivity contribution in [2.24, 2.45) is 7.05 Å². The minimum Gasteiger partial charge on any atom is -0.311 e. The van der Waals surface area contributed by atoms with E-state index < -0.39 is 0 Å². The highest BCUT2D eigenvalue weighted by Crippen LogP contribution is 2.23. The van der Waals surface area contributed by atoms with Gasteiger partial charge in [-0.15, -0.1) is 0 Å². The first-order valence-corrected chi connectivity index (χ1v) is 5.90. The lowest BCUT2D eigenvalue weighted by Crippen LogP contribution is -2.38. The van der Waals surface area contributed by atoms with Crippen molar-refractivity contribution in [1.82, 2.24) is 15.1 Å². The summed E-state index contributed by atoms with van der Waals surface area (Å²) in [6, 6.07) is 2.24. The molecule has 1 atom stereocenters. The molecule has 0 radical (unpaired) electrons. The zero-order chi connectivity index (χ0) is 10.9. The molecule has 1 aliphatic heterocycles. The molecule has 1 saturated heterocycles. The molecule has 0 amide bonds. The Morgan fingerprint density at radius 1 is 1.60 bits per heavy atom. The van der Waals surface area contributed by atoms with E-state index in [0.717, 1.165) is 19.4 Å². The van der Waals surface area contributed by atoms with E-state index in [4.69, 9.17) is 0 Å². The molecule has 3 heteroatoms. The minimum atomic E-state index is 0.290. The van der Waals surface area contributed by atoms with Crippen LogP contribution in [0.4, 0.5) is 0 Å². The Labute approximate surface area is 91.9 Å². The van der Waals surface area contributed by atoms with Gasteiger partial charge in [0.25, 0.3) is 0 Å². The zero-order valence-electron chi connectivity index (χ0n) is 10.0. The fourth-order valence-corrected chi connectivity index (χ4v) is 2.42. The van der Waals surface area contributed by atoms with Crippen LogP contribution in [0, 0.1) is 0 Å². The number of nitrogens with zero attached hydrogens (tertiary/aromatic N) is 2. The van der Waals surface area contributed by atoms with E-state index in [1.165, 1.54) is 24.2 Å². The molecule has 0 aliphatic carbocycles. The smallest absolute Gasteiger partial charge is 0.0624 e. The van der Waals surface area contributed by atoms with Crippen LogP contribution in [0.15, 0.2) is 6.07 Å². The number of aromatic nitrogens is 2. The number of hydrogen-bond donors (Lipinski definition) is 1. The maximum atomic E-state index is 4.49. The van der Waals surface area contributed by atoms with Gasteiger partial charge in [-0.3, -0.25) is 4.68 Å². The van der Waals surface area contributed by atoms with Gasteiger partial charge in [-0.1, -0.05) is 6.92 Å². The molecule has 1 unspecified atom stereocenters. The maximum absolute atomic E-state index is 4.49. The molecular weight excluding hydrogens is 186 g/mol. The first-order chi connectivity index (χ1) is 7.13. The molecule has 1 aliphatic rings. The second-order valence-electron chi connectivity index (χ2n) is 4.87. The van der Waals surface area contributed by atoms with Gasteiger partial charge in [-0.2, -0.15) is 5.10 Å². The maximum Gasteiger partial charge on any atom is 0.0624 e. The Balaban J connectivity index is 2.12. The molecule has 0 saturated carbocycles. The molecule has 2 heterocycles. The molecule has 1 fully saturated rings. The Morgan fingerprint density at radius 3 is 2.93 bits per heavy atom. The lowest BCUT2D eigenvalue weighted by molar-refractivity contribution is 0.401. The van der Waals surface area contributed by atoms with Crippen LogP contribution in [0.5, 0.6) is 0 Å². The van der Waals surface area contributed by atoms with Gasteiger partial charge in [-0.05, 0) is 38.8 Å². The van der Waals surface area contributed by atoms with E-state index in [1.807, 2.05) is 11.7 Å². The molecule has 0 spiro atoms. The van der Waals surface area contributed by atoms with Crippen LogP contribution < -0.4 is 5.32 Å². The second kappa shape index (κ2) is 3.97. The van der Waals surface area contributed by atoms with E-state index in [-0.39, 0.29) is 0 Å². The second-order valence-corrected chi connectivity index (χ2v) is 4.87. The monoisotopic (exact) mass is 207 g/mol. The third-order valence-corrected chi connectivity index (χ3v) is 3.42. The zero-order valence-corrected chi connectivity index (χ0v) is 10.0. The molecular formula is C12H21N3. The topological polar surface area (TPSA) is 29.9 Å². The van der Waals surface area contributed by atoms with Crippen molar-refractivity contribution in [3.8, 4) is 0 Å². The highest BCUT2D eigenvalue weighted by Gasteiger charge is 2.29. The van der Waals surface area contributed by atoms with Crippen molar-refractivity contribution in [2.45, 2.75) is 45.1 Å². The van der Waals surface area contributed by atoms with Gasteiger partial charge in [0.15, 0.2) is 0 Å². The summed E-state index contributed by atoms with van der Waals surface area (Å²) in [6.07, 6.45) is 4.70. The van der Waals surface area contributed by atoms with Crippen molar-refractivity contribution in [2.75, 3.05) is 6.54 Å². The highest BCUT2D eigenvalue weighted by molar-refractivity contribution is 5.14. The Hall–Kier alpha value is -0.830. The van der Waals surface area contributed by atoms with Gasteiger partial charge in [-0.25, -0.2) is 0 Å². The van der Waals surface area contributed by atoms with Crippen LogP contribution in [0.25, 0.3) is 0 Å². The van der Waals surface area contributed by atoms with Crippen molar-refractivity contribution in [1.29, 1.82) is 0 Å². The van der Waals surface area contributed by atoms with Gasteiger partial charge < -0.3 is 5.32 Å². The van der Waals surface area contributed by atoms with Crippen LogP contribution in [-0.2, 0) is 19.9 Å². The van der Waals surface area contributed by atoms with Crippen LogP contribution in [0.3, 0.4) is 0 Å². The lowest BCUT2D eigenvalue weighted by Gasteiger charge is -2.24. The Morgan fingerprint density at radius 2 is 2.40 bits per heavy atom. The van der Waals surface area contributed by atoms with E-state index in [2.05, 4.69) is 30.3 Å². The number of rotatable bonds is 3. The van der Waals surface area contributed by atoms with Gasteiger partial charge >= 0.3 is 0 Å². The summed E-state index contributed by atoms with van der Waals surface area (Å²) in [7, 11) is 2.05. The fraction of sp³-hybridized carbons (Fsp3) is 0.750. The van der Waals surface area contributed by atoms with Crippen molar-refractivity contribution in [3.05, 3.63) is 17.5 Å². The highest BCUT2D eigenvalue weighted by atomic mass is 15.3. The lowest BCUT2D eigenvalue weighted by atomic mass is 9.94. The normalized spacial score (nSPS) is 26.1. The predicted octanol–water partition coefficient (Wildman–Crippen LogP) is 1.67. The summed E-state index contributed by atoms with van der Waals surface area (Å²) in [6.45, 7) is 5.63. The average Bonchev–Trinajstić information content (AvgIpc) is 2.75. The first kappa shape index (κ1) is 10.7. The number of hydrogen-bond acceptors (Lipinski definition) is 2. The van der Waals surface area contributed by atoms with Gasteiger partial charge in [0.2, 0.25) is 0 Å². The Kier molecular flexibility index (Phi) is 2.83. The molecule has 2 rings (SSSR count). The minimum absolute atomic E-state index is 0.290. The quantitative estimate of drug-likeness (QED) is 0.817. The largest absolute Gasteiger partial charge is 0.311 e. The van der Waals surface area contributed by atoms with E-state index in [9.17, 15) is 0 Å². The first-order valence-electron chi connectivity index (χ1n) is 5.90. The van der Waals surface area contributed by atoms with E-state index in [1.54, 1.807) is 0 Å². The summed E-state index contributed by atoms with van der Waals surface area (Å²) in [5, 5.41) is 8.09. The third-order valence-electron chi connectivity index (χ3n) is 3.42. The van der Waals surface area contributed by atoms with Crippen molar-refractivity contribution < 1.29 is 0 Å². The SMILES string of the molecule is CCc1cc(CC2(C)CCCN2)n(C)n1. The summed E-state index contributed by atoms with van der Waals surface area (Å²) < 4.78 is 2.03. The summed E-state index contributed by atoms with van der Waals surface area (Å²) in [5.41, 5.74) is 2.84. The fourth-order valence-electron chi connectivity index (χ4n) is 2.42. The third kappa shape index (κ3) is 2.23. The molecule has 15 heavy (non-hydrogen) atoms. The Bertz CT molecular complexity index is 335. The van der Waals surface area contributed by atoms with Crippen molar-refractivity contribution in [3.63, 3.8) is 0 Å². The number of nitrogens with one attached hydrogen (secondary N) is 1. The van der Waals surface area contributed by atoms with E-state index in [0.29, 0.717) is 5.54 Å². The summed E-state index contributed by atoms with van der Waals surface area (Å²) in [5.74, 6) is 0. The van der Waals surface area contributed by atoms with Gasteiger partial charge in [0.05, 0.1) is 5.69 Å². The van der Waals surface area contributed by atoms with Crippen molar-refractivity contribution >= 4 is 0 Å². The molecule has 3 nitrogen and oxygen atoms in total. The van der Waals surface area contributed by atoms with Crippen LogP contribution in [0.1, 0.15) is 38.1 Å². The van der Waals surface area contributed by atoms with Gasteiger partial charge in [0, 0.05) is 24.7 Å². The number of aryl methyl sites for hydroxylation is 2. The van der Waals surface area contributed by atoms with Gasteiger partial charge in [0.1, 0.15) is 0 Å². The van der Waals surface area contributed by atoms with Crippen LogP contribution >= 0.6 is 0 Å². The molecule has 0 bridgehead atoms. The molecule has 1 aromatic rings. The molecule has 0 aromatic carbocycles. The standard InChI is InChI=1S/C12H21N3/c1-4-10-8-11(15(3)14-10)9-12(2)6-5-7-13-12/h8,13H,4-7,9H2,1-3H3. The summed E-state index contributed by atoms with van der Waals surface area (Å²) >= 11 is 0. The van der Waals surface area contributed by atoms with E-state index >= 15 is 0 Å². The molecule has 1 aromatic heterocycles. The molecule has 1 N–H and O–H groups in total. The predicted molar refractivity (Wildman–Crippen MR) is 61.9 cm³/mol. The summed E-state index contributed by atoms with van der Waals surface area (Å²) in [4.78, 5) is 0. The van der Waals surface area contributed by atoms with Crippen LogP contribution in [0.2, 0.25) is 0 Å².